The van der Waals surface area contributed by atoms with E-state index in [0.29, 0.717) is 0 Å². The Labute approximate surface area is 117 Å². The van der Waals surface area contributed by atoms with Crippen LogP contribution in [-0.4, -0.2) is 24.2 Å². The van der Waals surface area contributed by atoms with E-state index in [1.54, 1.807) is 26.6 Å². The topological polar surface area (TPSA) is 35.0 Å². The van der Waals surface area contributed by atoms with Gasteiger partial charge in [-0.1, -0.05) is 26.0 Å². The molecule has 0 aliphatic heterocycles. The van der Waals surface area contributed by atoms with Crippen molar-refractivity contribution >= 4 is 0 Å². The molecule has 0 saturated carbocycles. The van der Waals surface area contributed by atoms with E-state index in [9.17, 15) is 0 Å². The van der Waals surface area contributed by atoms with Crippen molar-refractivity contribution in [2.24, 2.45) is 0 Å². The summed E-state index contributed by atoms with van der Waals surface area (Å²) >= 11 is 0. The van der Waals surface area contributed by atoms with Gasteiger partial charge in [-0.2, -0.15) is 0 Å². The molecule has 106 valence electrons. The van der Waals surface area contributed by atoms with Gasteiger partial charge in [-0.15, -0.1) is 0 Å². The fourth-order valence-corrected chi connectivity index (χ4v) is 0.896. The van der Waals surface area contributed by atoms with Crippen molar-refractivity contribution in [3.63, 3.8) is 0 Å². The molecule has 0 unspecified atom stereocenters. The molecular weight excluding hydrogens is 236 g/mol. The quantitative estimate of drug-likeness (QED) is 0.718. The van der Waals surface area contributed by atoms with E-state index >= 15 is 0 Å². The van der Waals surface area contributed by atoms with E-state index < -0.39 is 0 Å². The molecule has 0 saturated heterocycles. The summed E-state index contributed by atoms with van der Waals surface area (Å²) in [6.45, 7) is 8.04. The third kappa shape index (κ3) is 16.3. The van der Waals surface area contributed by atoms with Crippen molar-refractivity contribution < 1.29 is 4.74 Å². The van der Waals surface area contributed by atoms with Crippen molar-refractivity contribution in [3.05, 3.63) is 60.2 Å². The van der Waals surface area contributed by atoms with E-state index in [1.807, 2.05) is 64.4 Å². The summed E-state index contributed by atoms with van der Waals surface area (Å²) in [5, 5.41) is 0. The largest absolute Gasteiger partial charge is 0.388 e. The number of hydrogen-bond donors (Lipinski definition) is 0. The Bertz CT molecular complexity index is 326. The first-order valence-electron chi connectivity index (χ1n) is 6.34. The molecule has 19 heavy (non-hydrogen) atoms. The molecule has 2 aromatic heterocycles. The highest BCUT2D eigenvalue weighted by Crippen LogP contribution is 1.88. The minimum atomic E-state index is 1.21. The van der Waals surface area contributed by atoms with Crippen molar-refractivity contribution in [1.29, 1.82) is 0 Å². The van der Waals surface area contributed by atoms with Crippen LogP contribution in [0.5, 0.6) is 0 Å². The predicted octanol–water partition coefficient (Wildman–Crippen LogP) is 4.07. The van der Waals surface area contributed by atoms with Gasteiger partial charge >= 0.3 is 0 Å². The van der Waals surface area contributed by atoms with Crippen molar-refractivity contribution in [1.82, 2.24) is 9.97 Å². The Kier molecular flexibility index (Phi) is 16.8. The monoisotopic (exact) mass is 262 g/mol. The minimum Gasteiger partial charge on any atom is -0.388 e. The molecule has 2 heterocycles. The highest BCUT2D eigenvalue weighted by Gasteiger charge is 1.73. The molecule has 0 N–H and O–H groups in total. The van der Waals surface area contributed by atoms with Gasteiger partial charge in [-0.3, -0.25) is 9.97 Å². The molecule has 0 amide bonds. The normalized spacial score (nSPS) is 7.68. The molecule has 0 aromatic carbocycles. The second kappa shape index (κ2) is 16.3. The predicted molar refractivity (Wildman–Crippen MR) is 82.2 cm³/mol. The minimum absolute atomic E-state index is 1.21. The highest BCUT2D eigenvalue weighted by atomic mass is 16.4. The van der Waals surface area contributed by atoms with E-state index in [0.717, 1.165) is 0 Å². The number of hydrogen-bond acceptors (Lipinski definition) is 3. The Morgan fingerprint density at radius 3 is 1.21 bits per heavy atom. The highest BCUT2D eigenvalue weighted by molar-refractivity contribution is 5.05. The summed E-state index contributed by atoms with van der Waals surface area (Å²) in [5.41, 5.74) is 2.42. The molecule has 3 nitrogen and oxygen atoms in total. The first-order chi connectivity index (χ1) is 9.20. The lowest BCUT2D eigenvalue weighted by Gasteiger charge is -1.82. The molecular formula is C16H26N2O. The van der Waals surface area contributed by atoms with Crippen LogP contribution < -0.4 is 0 Å². The summed E-state index contributed by atoms with van der Waals surface area (Å²) in [6.07, 6.45) is 7.21. The fourth-order valence-electron chi connectivity index (χ4n) is 0.896. The zero-order valence-electron chi connectivity index (χ0n) is 12.9. The Hall–Kier alpha value is -1.74. The second-order valence-electron chi connectivity index (χ2n) is 3.47. The van der Waals surface area contributed by atoms with Gasteiger partial charge < -0.3 is 4.74 Å². The number of methoxy groups -OCH3 is 1. The van der Waals surface area contributed by atoms with Crippen molar-refractivity contribution in [3.8, 4) is 0 Å². The zero-order chi connectivity index (χ0) is 14.9. The van der Waals surface area contributed by atoms with Crippen LogP contribution in [-0.2, 0) is 4.74 Å². The molecule has 0 aliphatic carbocycles. The first kappa shape index (κ1) is 19.6. The smallest absolute Gasteiger partial charge is 0.0351 e. The molecule has 0 radical (unpaired) electrons. The second-order valence-corrected chi connectivity index (χ2v) is 3.47. The maximum atomic E-state index is 4.25. The number of pyridine rings is 2. The lowest BCUT2D eigenvalue weighted by molar-refractivity contribution is 0.277. The summed E-state index contributed by atoms with van der Waals surface area (Å²) in [4.78, 5) is 7.77. The van der Waals surface area contributed by atoms with E-state index in [1.165, 1.54) is 11.1 Å². The Morgan fingerprint density at radius 2 is 1.11 bits per heavy atom. The van der Waals surface area contributed by atoms with E-state index in [-0.39, 0.29) is 0 Å². The van der Waals surface area contributed by atoms with Crippen LogP contribution in [0.25, 0.3) is 0 Å². The third-order valence-corrected chi connectivity index (χ3v) is 1.62. The van der Waals surface area contributed by atoms with E-state index in [4.69, 9.17) is 0 Å². The van der Waals surface area contributed by atoms with Crippen LogP contribution in [0.3, 0.4) is 0 Å². The molecule has 3 heteroatoms. The van der Waals surface area contributed by atoms with Gasteiger partial charge in [0, 0.05) is 39.0 Å². The molecule has 0 aliphatic rings. The van der Waals surface area contributed by atoms with Crippen LogP contribution in [0.1, 0.15) is 25.0 Å². The van der Waals surface area contributed by atoms with Gasteiger partial charge in [-0.25, -0.2) is 0 Å². The van der Waals surface area contributed by atoms with Gasteiger partial charge in [-0.05, 0) is 37.1 Å². The Morgan fingerprint density at radius 1 is 0.789 bits per heavy atom. The third-order valence-electron chi connectivity index (χ3n) is 1.62. The Balaban J connectivity index is 0. The van der Waals surface area contributed by atoms with Crippen molar-refractivity contribution in [2.75, 3.05) is 14.2 Å². The van der Waals surface area contributed by atoms with Gasteiger partial charge in [0.25, 0.3) is 0 Å². The fraction of sp³-hybridized carbons (Fsp3) is 0.375. The van der Waals surface area contributed by atoms with Crippen LogP contribution in [0.15, 0.2) is 49.1 Å². The SMILES string of the molecule is CC.COC.Cc1cccnc1.Cc1cccnc1. The zero-order valence-corrected chi connectivity index (χ0v) is 12.9. The molecule has 0 bridgehead atoms. The number of aromatic nitrogens is 2. The molecule has 0 spiro atoms. The summed E-state index contributed by atoms with van der Waals surface area (Å²) in [5.74, 6) is 0. The molecule has 0 atom stereocenters. The lowest BCUT2D eigenvalue weighted by atomic mass is 10.3. The maximum Gasteiger partial charge on any atom is 0.0351 e. The van der Waals surface area contributed by atoms with Crippen LogP contribution in [0.4, 0.5) is 0 Å². The van der Waals surface area contributed by atoms with Crippen molar-refractivity contribution in [2.45, 2.75) is 27.7 Å². The van der Waals surface area contributed by atoms with Crippen LogP contribution in [0.2, 0.25) is 0 Å². The van der Waals surface area contributed by atoms with Gasteiger partial charge in [0.2, 0.25) is 0 Å². The van der Waals surface area contributed by atoms with E-state index in [2.05, 4.69) is 14.7 Å². The summed E-state index contributed by atoms with van der Waals surface area (Å²) in [6, 6.07) is 7.89. The summed E-state index contributed by atoms with van der Waals surface area (Å²) < 4.78 is 4.25. The van der Waals surface area contributed by atoms with Gasteiger partial charge in [0.1, 0.15) is 0 Å². The molecule has 2 rings (SSSR count). The maximum absolute atomic E-state index is 4.25. The molecule has 0 fully saturated rings. The van der Waals surface area contributed by atoms with Gasteiger partial charge in [0.05, 0.1) is 0 Å². The average Bonchev–Trinajstić information content (AvgIpc) is 2.44. The first-order valence-corrected chi connectivity index (χ1v) is 6.34. The number of aryl methyl sites for hydroxylation is 2. The van der Waals surface area contributed by atoms with Crippen LogP contribution in [0, 0.1) is 13.8 Å². The van der Waals surface area contributed by atoms with Crippen LogP contribution >= 0.6 is 0 Å². The number of nitrogens with zero attached hydrogens (tertiary/aromatic N) is 2. The number of rotatable bonds is 0. The standard InChI is InChI=1S/2C6H7N.C2H6O.C2H6/c2*1-6-3-2-4-7-5-6;1-3-2;1-2/h2*2-5H,1H3;1-2H3;1-2H3. The van der Waals surface area contributed by atoms with Gasteiger partial charge in [0.15, 0.2) is 0 Å². The average molecular weight is 262 g/mol. The molecule has 2 aromatic rings. The number of ether oxygens (including phenoxy) is 1. The lowest BCUT2D eigenvalue weighted by Crippen LogP contribution is -1.69. The summed E-state index contributed by atoms with van der Waals surface area (Å²) in [7, 11) is 3.25.